The molecule has 3 heteroatoms. The molecule has 0 aliphatic carbocycles. The van der Waals surface area contributed by atoms with Gasteiger partial charge in [0.25, 0.3) is 0 Å². The number of nitrogens with one attached hydrogen (secondary N) is 1. The minimum atomic E-state index is -0.0297. The second-order valence-corrected chi connectivity index (χ2v) is 6.45. The van der Waals surface area contributed by atoms with Gasteiger partial charge in [0.2, 0.25) is 0 Å². The molecule has 2 heterocycles. The van der Waals surface area contributed by atoms with Crippen LogP contribution in [0.2, 0.25) is 0 Å². The van der Waals surface area contributed by atoms with E-state index in [4.69, 9.17) is 4.74 Å². The van der Waals surface area contributed by atoms with Crippen LogP contribution in [0.15, 0.2) is 6.07 Å². The van der Waals surface area contributed by atoms with Gasteiger partial charge in [-0.2, -0.15) is 0 Å². The molecule has 1 aliphatic heterocycles. The van der Waals surface area contributed by atoms with Crippen LogP contribution in [-0.2, 0) is 4.74 Å². The molecule has 2 rings (SSSR count). The Balaban J connectivity index is 2.31. The third-order valence-corrected chi connectivity index (χ3v) is 4.83. The summed E-state index contributed by atoms with van der Waals surface area (Å²) in [5.74, 6) is 0. The molecule has 96 valence electrons. The van der Waals surface area contributed by atoms with Crippen molar-refractivity contribution in [3.63, 3.8) is 0 Å². The minimum absolute atomic E-state index is 0.0297. The molecule has 1 aliphatic rings. The van der Waals surface area contributed by atoms with Crippen molar-refractivity contribution in [1.29, 1.82) is 0 Å². The molecule has 1 fully saturated rings. The van der Waals surface area contributed by atoms with E-state index >= 15 is 0 Å². The highest BCUT2D eigenvalue weighted by Crippen LogP contribution is 2.41. The molecule has 1 N–H and O–H groups in total. The fraction of sp³-hybridized carbons (Fsp3) is 0.714. The van der Waals surface area contributed by atoms with E-state index in [0.717, 1.165) is 19.6 Å². The molecule has 0 amide bonds. The second-order valence-electron chi connectivity index (χ2n) is 5.16. The third kappa shape index (κ3) is 2.56. The summed E-state index contributed by atoms with van der Waals surface area (Å²) in [6.07, 6.45) is 2.34. The topological polar surface area (TPSA) is 21.3 Å². The predicted octanol–water partition coefficient (Wildman–Crippen LogP) is 3.58. The normalized spacial score (nSPS) is 26.4. The molecule has 1 aromatic rings. The van der Waals surface area contributed by atoms with E-state index in [-0.39, 0.29) is 5.60 Å². The molecule has 1 saturated heterocycles. The molecular formula is C14H23NOS. The lowest BCUT2D eigenvalue weighted by atomic mass is 9.90. The standard InChI is InChI=1S/C14H23NOS/c1-5-15-13(14(4)7-6-8-16-14)12-10(2)9-11(3)17-12/h9,13,15H,5-8H2,1-4H3. The quantitative estimate of drug-likeness (QED) is 0.885. The summed E-state index contributed by atoms with van der Waals surface area (Å²) in [5, 5.41) is 3.62. The third-order valence-electron chi connectivity index (χ3n) is 3.61. The molecule has 0 aromatic carbocycles. The summed E-state index contributed by atoms with van der Waals surface area (Å²) in [6, 6.07) is 2.62. The Labute approximate surface area is 108 Å². The highest BCUT2D eigenvalue weighted by Gasteiger charge is 2.40. The molecule has 0 saturated carbocycles. The van der Waals surface area contributed by atoms with E-state index in [1.165, 1.54) is 21.7 Å². The molecule has 2 unspecified atom stereocenters. The summed E-state index contributed by atoms with van der Waals surface area (Å²) >= 11 is 1.91. The summed E-state index contributed by atoms with van der Waals surface area (Å²) in [5.41, 5.74) is 1.37. The largest absolute Gasteiger partial charge is 0.373 e. The first-order chi connectivity index (χ1) is 8.07. The van der Waals surface area contributed by atoms with Crippen molar-refractivity contribution >= 4 is 11.3 Å². The van der Waals surface area contributed by atoms with Crippen LogP contribution in [-0.4, -0.2) is 18.8 Å². The molecule has 2 nitrogen and oxygen atoms in total. The molecule has 1 aromatic heterocycles. The Bertz CT molecular complexity index is 380. The maximum Gasteiger partial charge on any atom is 0.0857 e. The van der Waals surface area contributed by atoms with Crippen LogP contribution in [0.5, 0.6) is 0 Å². The van der Waals surface area contributed by atoms with Gasteiger partial charge in [0, 0.05) is 16.4 Å². The number of aryl methyl sites for hydroxylation is 2. The Morgan fingerprint density at radius 3 is 2.76 bits per heavy atom. The zero-order valence-electron chi connectivity index (χ0n) is 11.3. The van der Waals surface area contributed by atoms with Crippen molar-refractivity contribution in [3.8, 4) is 0 Å². The number of likely N-dealkylation sites (N-methyl/N-ethyl adjacent to an activating group) is 1. The first-order valence-electron chi connectivity index (χ1n) is 6.51. The molecular weight excluding hydrogens is 230 g/mol. The van der Waals surface area contributed by atoms with Crippen LogP contribution in [0, 0.1) is 13.8 Å². The first kappa shape index (κ1) is 13.1. The summed E-state index contributed by atoms with van der Waals surface area (Å²) in [6.45, 7) is 10.7. The average molecular weight is 253 g/mol. The van der Waals surface area contributed by atoms with E-state index in [9.17, 15) is 0 Å². The van der Waals surface area contributed by atoms with Gasteiger partial charge in [0.05, 0.1) is 11.6 Å². The monoisotopic (exact) mass is 253 g/mol. The fourth-order valence-electron chi connectivity index (χ4n) is 2.76. The van der Waals surface area contributed by atoms with Crippen molar-refractivity contribution in [2.24, 2.45) is 0 Å². The van der Waals surface area contributed by atoms with Crippen LogP contribution < -0.4 is 5.32 Å². The smallest absolute Gasteiger partial charge is 0.0857 e. The van der Waals surface area contributed by atoms with Crippen molar-refractivity contribution in [2.45, 2.75) is 52.2 Å². The Morgan fingerprint density at radius 2 is 2.29 bits per heavy atom. The minimum Gasteiger partial charge on any atom is -0.373 e. The number of thiophene rings is 1. The van der Waals surface area contributed by atoms with Crippen LogP contribution in [0.4, 0.5) is 0 Å². The van der Waals surface area contributed by atoms with Crippen LogP contribution in [0.25, 0.3) is 0 Å². The number of rotatable bonds is 4. The number of ether oxygens (including phenoxy) is 1. The lowest BCUT2D eigenvalue weighted by molar-refractivity contribution is -0.0112. The van der Waals surface area contributed by atoms with Gasteiger partial charge in [-0.3, -0.25) is 0 Å². The van der Waals surface area contributed by atoms with Crippen molar-refractivity contribution in [2.75, 3.05) is 13.2 Å². The Kier molecular flexibility index (Phi) is 3.91. The second kappa shape index (κ2) is 5.09. The van der Waals surface area contributed by atoms with Crippen LogP contribution >= 0.6 is 11.3 Å². The maximum atomic E-state index is 6.02. The highest BCUT2D eigenvalue weighted by molar-refractivity contribution is 7.12. The van der Waals surface area contributed by atoms with E-state index in [1.807, 2.05) is 11.3 Å². The molecule has 0 bridgehead atoms. The van der Waals surface area contributed by atoms with Crippen LogP contribution in [0.3, 0.4) is 0 Å². The number of hydrogen-bond donors (Lipinski definition) is 1. The molecule has 0 spiro atoms. The van der Waals surface area contributed by atoms with Gasteiger partial charge in [-0.25, -0.2) is 0 Å². The lowest BCUT2D eigenvalue weighted by Crippen LogP contribution is -2.41. The van der Waals surface area contributed by atoms with Gasteiger partial charge in [-0.15, -0.1) is 11.3 Å². The van der Waals surface area contributed by atoms with Gasteiger partial charge in [0.15, 0.2) is 0 Å². The molecule has 0 radical (unpaired) electrons. The zero-order valence-corrected chi connectivity index (χ0v) is 12.1. The number of hydrogen-bond acceptors (Lipinski definition) is 3. The predicted molar refractivity (Wildman–Crippen MR) is 73.8 cm³/mol. The summed E-state index contributed by atoms with van der Waals surface area (Å²) < 4.78 is 6.02. The van der Waals surface area contributed by atoms with Gasteiger partial charge in [0.1, 0.15) is 0 Å². The van der Waals surface area contributed by atoms with E-state index < -0.39 is 0 Å². The van der Waals surface area contributed by atoms with Crippen molar-refractivity contribution < 1.29 is 4.74 Å². The van der Waals surface area contributed by atoms with Gasteiger partial charge >= 0.3 is 0 Å². The molecule has 2 atom stereocenters. The van der Waals surface area contributed by atoms with Crippen molar-refractivity contribution in [1.82, 2.24) is 5.32 Å². The first-order valence-corrected chi connectivity index (χ1v) is 7.33. The highest BCUT2D eigenvalue weighted by atomic mass is 32.1. The lowest BCUT2D eigenvalue weighted by Gasteiger charge is -2.34. The SMILES string of the molecule is CCNC(c1sc(C)cc1C)C1(C)CCCO1. The van der Waals surface area contributed by atoms with E-state index in [1.54, 1.807) is 0 Å². The van der Waals surface area contributed by atoms with Gasteiger partial charge in [-0.05, 0) is 51.8 Å². The maximum absolute atomic E-state index is 6.02. The van der Waals surface area contributed by atoms with Gasteiger partial charge in [-0.1, -0.05) is 6.92 Å². The van der Waals surface area contributed by atoms with E-state index in [2.05, 4.69) is 39.1 Å². The van der Waals surface area contributed by atoms with Crippen LogP contribution in [0.1, 0.15) is 48.0 Å². The summed E-state index contributed by atoms with van der Waals surface area (Å²) in [7, 11) is 0. The van der Waals surface area contributed by atoms with Gasteiger partial charge < -0.3 is 10.1 Å². The van der Waals surface area contributed by atoms with E-state index in [0.29, 0.717) is 6.04 Å². The fourth-order valence-corrected chi connectivity index (χ4v) is 4.02. The Hall–Kier alpha value is -0.380. The Morgan fingerprint density at radius 1 is 1.53 bits per heavy atom. The average Bonchev–Trinajstić information content (AvgIpc) is 2.83. The summed E-state index contributed by atoms with van der Waals surface area (Å²) in [4.78, 5) is 2.84. The molecule has 17 heavy (non-hydrogen) atoms. The van der Waals surface area contributed by atoms with Crippen molar-refractivity contribution in [3.05, 3.63) is 21.4 Å². The zero-order chi connectivity index (χ0) is 12.5.